The van der Waals surface area contributed by atoms with Crippen LogP contribution in [0.25, 0.3) is 11.4 Å². The third-order valence-corrected chi connectivity index (χ3v) is 17.7. The van der Waals surface area contributed by atoms with Crippen LogP contribution in [-0.2, 0) is 37.1 Å². The van der Waals surface area contributed by atoms with E-state index in [1.165, 1.54) is 44.0 Å². The second kappa shape index (κ2) is 14.4. The van der Waals surface area contributed by atoms with Crippen molar-refractivity contribution < 1.29 is 4.57 Å². The van der Waals surface area contributed by atoms with Crippen molar-refractivity contribution in [1.29, 1.82) is 0 Å². The van der Waals surface area contributed by atoms with Gasteiger partial charge in [-0.3, -0.25) is 0 Å². The molecule has 5 rings (SSSR count). The highest BCUT2D eigenvalue weighted by atomic mass is 31.2. The number of hydrogen-bond donors (Lipinski definition) is 0. The molecule has 4 aromatic carbocycles. The minimum absolute atomic E-state index is 0.0322. The summed E-state index contributed by atoms with van der Waals surface area (Å²) < 4.78 is 17.4. The van der Waals surface area contributed by atoms with Gasteiger partial charge in [-0.15, -0.1) is 0 Å². The first kappa shape index (κ1) is 43.1. The van der Waals surface area contributed by atoms with Crippen molar-refractivity contribution in [2.24, 2.45) is 0 Å². The molecule has 2 unspecified atom stereocenters. The lowest BCUT2D eigenvalue weighted by molar-refractivity contribution is 0.550. The van der Waals surface area contributed by atoms with Crippen molar-refractivity contribution in [3.05, 3.63) is 140 Å². The van der Waals surface area contributed by atoms with Crippen LogP contribution in [0, 0.1) is 0 Å². The van der Waals surface area contributed by atoms with Crippen LogP contribution in [0.5, 0.6) is 0 Å². The lowest BCUT2D eigenvalue weighted by atomic mass is 9.75. The zero-order valence-electron chi connectivity index (χ0n) is 37.5. The van der Waals surface area contributed by atoms with E-state index < -0.39 is 15.1 Å². The summed E-state index contributed by atoms with van der Waals surface area (Å²) in [6.07, 6.45) is 2.34. The normalized spacial score (nSPS) is 19.6. The molecule has 0 aliphatic carbocycles. The molecule has 2 atom stereocenters. The van der Waals surface area contributed by atoms with Crippen molar-refractivity contribution in [2.45, 2.75) is 157 Å². The fourth-order valence-corrected chi connectivity index (χ4v) is 16.4. The molecule has 0 fully saturated rings. The topological polar surface area (TPSA) is 17.1 Å². The van der Waals surface area contributed by atoms with Crippen molar-refractivity contribution in [3.8, 4) is 0 Å². The SMILES string of the molecule is CC(C)(C)c1cc(C(C)(C)C)c(P2C(c3ccccc3)=CP(=O)(c3c(C(C)(C)C)cc(C(C)(C)C)cc3C(C)(C)C)/C2=C/c2ccccc2)c(C(C)(C)C)c1. The van der Waals surface area contributed by atoms with E-state index in [0.717, 1.165) is 21.5 Å². The maximum Gasteiger partial charge on any atom is 0.166 e. The van der Waals surface area contributed by atoms with Crippen LogP contribution in [0.3, 0.4) is 0 Å². The van der Waals surface area contributed by atoms with Crippen LogP contribution in [0.2, 0.25) is 0 Å². The predicted octanol–water partition coefficient (Wildman–Crippen LogP) is 15.3. The van der Waals surface area contributed by atoms with Gasteiger partial charge in [0.2, 0.25) is 0 Å². The van der Waals surface area contributed by atoms with E-state index in [1.54, 1.807) is 0 Å². The smallest absolute Gasteiger partial charge is 0.166 e. The van der Waals surface area contributed by atoms with E-state index in [-0.39, 0.29) is 32.5 Å². The maximum atomic E-state index is 17.4. The summed E-state index contributed by atoms with van der Waals surface area (Å²) >= 11 is 0. The van der Waals surface area contributed by atoms with Gasteiger partial charge >= 0.3 is 0 Å². The van der Waals surface area contributed by atoms with E-state index in [9.17, 15) is 0 Å². The third-order valence-electron chi connectivity index (χ3n) is 11.0. The molecule has 4 aromatic rings. The second-order valence-electron chi connectivity index (χ2n) is 22.1. The van der Waals surface area contributed by atoms with Crippen molar-refractivity contribution in [2.75, 3.05) is 0 Å². The zero-order valence-corrected chi connectivity index (χ0v) is 39.3. The Hall–Kier alpha value is -2.98. The van der Waals surface area contributed by atoms with Gasteiger partial charge in [-0.2, -0.15) is 0 Å². The molecule has 0 spiro atoms. The summed E-state index contributed by atoms with van der Waals surface area (Å²) in [5, 5.41) is 4.70. The fourth-order valence-electron chi connectivity index (χ4n) is 7.67. The van der Waals surface area contributed by atoms with Gasteiger partial charge in [-0.05, 0) is 107 Å². The van der Waals surface area contributed by atoms with E-state index >= 15 is 4.57 Å². The summed E-state index contributed by atoms with van der Waals surface area (Å²) in [6, 6.07) is 31.3. The monoisotopic (exact) mass is 772 g/mol. The fraction of sp³-hybridized carbons (Fsp3) is 0.462. The second-order valence-corrected chi connectivity index (χ2v) is 27.1. The standard InChI is InChI=1S/C52H70OP2/c1-47(2,3)37-30-39(49(7,8)9)45(40(31-37)50(10,11)12)54-43(36-27-23-20-24-28-36)34-55(53,44(54)29-35-25-21-19-22-26-35)46-41(51(13,14)15)32-38(48(4,5)6)33-42(46)52(16,17)18/h19-34H,1-18H3/b44-29+. The Morgan fingerprint density at radius 1 is 0.473 bits per heavy atom. The van der Waals surface area contributed by atoms with E-state index in [0.29, 0.717) is 0 Å². The van der Waals surface area contributed by atoms with Crippen molar-refractivity contribution in [1.82, 2.24) is 0 Å². The molecule has 0 bridgehead atoms. The van der Waals surface area contributed by atoms with E-state index in [1.807, 2.05) is 0 Å². The van der Waals surface area contributed by atoms with Gasteiger partial charge in [0, 0.05) is 10.4 Å². The summed E-state index contributed by atoms with van der Waals surface area (Å²) in [6.45, 7) is 41.9. The summed E-state index contributed by atoms with van der Waals surface area (Å²) in [5.41, 5.74) is 9.09. The quantitative estimate of drug-likeness (QED) is 0.189. The molecule has 1 aliphatic rings. The average molecular weight is 773 g/mol. The van der Waals surface area contributed by atoms with E-state index in [4.69, 9.17) is 0 Å². The highest BCUT2D eigenvalue weighted by molar-refractivity contribution is 8.01. The Labute approximate surface area is 337 Å². The summed E-state index contributed by atoms with van der Waals surface area (Å²) in [4.78, 5) is 0. The molecule has 1 aliphatic heterocycles. The maximum absolute atomic E-state index is 17.4. The first-order valence-electron chi connectivity index (χ1n) is 20.3. The van der Waals surface area contributed by atoms with Crippen LogP contribution < -0.4 is 10.6 Å². The molecule has 294 valence electrons. The molecule has 0 saturated carbocycles. The van der Waals surface area contributed by atoms with Crippen LogP contribution >= 0.6 is 15.1 Å². The highest BCUT2D eigenvalue weighted by Gasteiger charge is 2.49. The third kappa shape index (κ3) is 8.80. The molecule has 1 nitrogen and oxygen atoms in total. The molecular weight excluding hydrogens is 703 g/mol. The molecule has 55 heavy (non-hydrogen) atoms. The van der Waals surface area contributed by atoms with Crippen LogP contribution in [0.15, 0.2) is 95.8 Å². The molecular formula is C52H70OP2. The van der Waals surface area contributed by atoms with Gasteiger partial charge < -0.3 is 4.57 Å². The predicted molar refractivity (Wildman–Crippen MR) is 248 cm³/mol. The Morgan fingerprint density at radius 2 is 0.836 bits per heavy atom. The van der Waals surface area contributed by atoms with Gasteiger partial charge in [0.15, 0.2) is 7.14 Å². The van der Waals surface area contributed by atoms with Crippen LogP contribution in [0.4, 0.5) is 0 Å². The van der Waals surface area contributed by atoms with Crippen LogP contribution in [-0.4, -0.2) is 0 Å². The van der Waals surface area contributed by atoms with Crippen LogP contribution in [0.1, 0.15) is 169 Å². The molecule has 3 heteroatoms. The lowest BCUT2D eigenvalue weighted by Crippen LogP contribution is -2.33. The molecule has 0 radical (unpaired) electrons. The minimum atomic E-state index is -3.44. The first-order chi connectivity index (χ1) is 25.0. The minimum Gasteiger partial charge on any atom is -0.309 e. The number of rotatable bonds is 4. The van der Waals surface area contributed by atoms with Crippen molar-refractivity contribution >= 4 is 37.1 Å². The van der Waals surface area contributed by atoms with Gasteiger partial charge in [-0.25, -0.2) is 0 Å². The molecule has 0 aromatic heterocycles. The highest BCUT2D eigenvalue weighted by Crippen LogP contribution is 2.81. The lowest BCUT2D eigenvalue weighted by Gasteiger charge is -2.38. The van der Waals surface area contributed by atoms with Gasteiger partial charge in [0.25, 0.3) is 0 Å². The van der Waals surface area contributed by atoms with Gasteiger partial charge in [0.05, 0.1) is 0 Å². The first-order valence-corrected chi connectivity index (χ1v) is 23.4. The average Bonchev–Trinajstić information content (AvgIpc) is 3.34. The summed E-state index contributed by atoms with van der Waals surface area (Å²) in [5.74, 6) is 2.29. The van der Waals surface area contributed by atoms with Crippen molar-refractivity contribution in [3.63, 3.8) is 0 Å². The molecule has 0 amide bonds. The molecule has 0 N–H and O–H groups in total. The Kier molecular flexibility index (Phi) is 11.3. The summed E-state index contributed by atoms with van der Waals surface area (Å²) in [7, 11) is -4.71. The Morgan fingerprint density at radius 3 is 1.20 bits per heavy atom. The zero-order chi connectivity index (χ0) is 41.3. The largest absolute Gasteiger partial charge is 0.309 e. The Balaban J connectivity index is 2.11. The number of benzene rings is 4. The molecule has 1 heterocycles. The molecule has 0 saturated heterocycles. The Bertz CT molecular complexity index is 2090. The van der Waals surface area contributed by atoms with Gasteiger partial charge in [-0.1, -0.05) is 210 Å². The van der Waals surface area contributed by atoms with E-state index in [2.05, 4.69) is 221 Å². The number of hydrogen-bond acceptors (Lipinski definition) is 1. The van der Waals surface area contributed by atoms with Gasteiger partial charge in [0.1, 0.15) is 0 Å².